The highest BCUT2D eigenvalue weighted by Crippen LogP contribution is 2.32. The number of hydrogen-bond acceptors (Lipinski definition) is 2. The van der Waals surface area contributed by atoms with Gasteiger partial charge in [0.05, 0.1) is 5.69 Å². The van der Waals surface area contributed by atoms with Crippen molar-refractivity contribution >= 4 is 23.8 Å². The van der Waals surface area contributed by atoms with E-state index in [4.69, 9.17) is 11.5 Å². The van der Waals surface area contributed by atoms with Crippen molar-refractivity contribution in [3.63, 3.8) is 0 Å². The van der Waals surface area contributed by atoms with Crippen LogP contribution in [0.25, 0.3) is 11.1 Å². The minimum atomic E-state index is -1.04. The Hall–Kier alpha value is -1.81. The Morgan fingerprint density at radius 2 is 1.47 bits per heavy atom. The Morgan fingerprint density at radius 3 is 2.12 bits per heavy atom. The highest BCUT2D eigenvalue weighted by molar-refractivity contribution is 5.85. The molecule has 2 rings (SSSR count). The van der Waals surface area contributed by atoms with Crippen molar-refractivity contribution in [2.24, 2.45) is 0 Å². The molecule has 0 fully saturated rings. The average molecular weight is 257 g/mol. The number of benzene rings is 2. The van der Waals surface area contributed by atoms with Crippen molar-refractivity contribution in [2.75, 3.05) is 11.5 Å². The Morgan fingerprint density at radius 1 is 0.824 bits per heavy atom. The summed E-state index contributed by atoms with van der Waals surface area (Å²) in [5, 5.41) is 0. The fraction of sp³-hybridized carbons (Fsp3) is 0. The molecular weight excluding hydrogens is 246 g/mol. The summed E-state index contributed by atoms with van der Waals surface area (Å²) in [4.78, 5) is 0. The van der Waals surface area contributed by atoms with Crippen LogP contribution in [0.2, 0.25) is 0 Å². The van der Waals surface area contributed by atoms with Crippen LogP contribution >= 0.6 is 12.4 Å². The third kappa shape index (κ3) is 2.31. The van der Waals surface area contributed by atoms with Gasteiger partial charge in [-0.1, -0.05) is 18.2 Å². The fourth-order valence-corrected chi connectivity index (χ4v) is 1.54. The maximum atomic E-state index is 13.3. The summed E-state index contributed by atoms with van der Waals surface area (Å²) >= 11 is 0. The number of anilines is 2. The molecule has 0 heterocycles. The van der Waals surface area contributed by atoms with Crippen LogP contribution in [0.5, 0.6) is 0 Å². The lowest BCUT2D eigenvalue weighted by Crippen LogP contribution is -1.99. The summed E-state index contributed by atoms with van der Waals surface area (Å²) in [5.41, 5.74) is 12.5. The number of halogens is 3. The molecule has 0 aliphatic heterocycles. The van der Waals surface area contributed by atoms with Gasteiger partial charge in [-0.25, -0.2) is 8.78 Å². The second-order valence-corrected chi connectivity index (χ2v) is 3.41. The SMILES string of the molecule is Cl.Nc1ccccc1-c1ccc(F)c(F)c1N. The minimum Gasteiger partial charge on any atom is -0.398 e. The van der Waals surface area contributed by atoms with Gasteiger partial charge in [-0.15, -0.1) is 12.4 Å². The smallest absolute Gasteiger partial charge is 0.182 e. The largest absolute Gasteiger partial charge is 0.398 e. The van der Waals surface area contributed by atoms with Crippen molar-refractivity contribution in [1.82, 2.24) is 0 Å². The molecule has 2 nitrogen and oxygen atoms in total. The van der Waals surface area contributed by atoms with E-state index in [1.54, 1.807) is 24.3 Å². The van der Waals surface area contributed by atoms with Gasteiger partial charge in [0.1, 0.15) is 0 Å². The summed E-state index contributed by atoms with van der Waals surface area (Å²) in [5.74, 6) is -2.00. The highest BCUT2D eigenvalue weighted by Gasteiger charge is 2.13. The lowest BCUT2D eigenvalue weighted by Gasteiger charge is -2.09. The fourth-order valence-electron chi connectivity index (χ4n) is 1.54. The first-order chi connectivity index (χ1) is 7.61. The summed E-state index contributed by atoms with van der Waals surface area (Å²) in [7, 11) is 0. The second-order valence-electron chi connectivity index (χ2n) is 3.41. The van der Waals surface area contributed by atoms with Gasteiger partial charge < -0.3 is 11.5 Å². The molecule has 0 radical (unpaired) electrons. The molecule has 17 heavy (non-hydrogen) atoms. The zero-order chi connectivity index (χ0) is 11.7. The van der Waals surface area contributed by atoms with Gasteiger partial charge in [0.15, 0.2) is 11.6 Å². The number of nitrogens with two attached hydrogens (primary N) is 2. The van der Waals surface area contributed by atoms with E-state index < -0.39 is 11.6 Å². The van der Waals surface area contributed by atoms with Crippen LogP contribution in [0.15, 0.2) is 36.4 Å². The van der Waals surface area contributed by atoms with Gasteiger partial charge in [-0.3, -0.25) is 0 Å². The second kappa shape index (κ2) is 5.01. The van der Waals surface area contributed by atoms with E-state index in [2.05, 4.69) is 0 Å². The van der Waals surface area contributed by atoms with Crippen LogP contribution in [0.4, 0.5) is 20.2 Å². The van der Waals surface area contributed by atoms with Crippen LogP contribution in [0, 0.1) is 11.6 Å². The van der Waals surface area contributed by atoms with Crippen molar-refractivity contribution in [1.29, 1.82) is 0 Å². The van der Waals surface area contributed by atoms with Crippen molar-refractivity contribution in [3.8, 4) is 11.1 Å². The van der Waals surface area contributed by atoms with Gasteiger partial charge >= 0.3 is 0 Å². The molecular formula is C12H11ClF2N2. The third-order valence-corrected chi connectivity index (χ3v) is 2.38. The molecule has 0 bridgehead atoms. The molecule has 0 saturated heterocycles. The zero-order valence-electron chi connectivity index (χ0n) is 8.78. The summed E-state index contributed by atoms with van der Waals surface area (Å²) in [6, 6.07) is 9.35. The Balaban J connectivity index is 0.00000144. The zero-order valence-corrected chi connectivity index (χ0v) is 9.60. The van der Waals surface area contributed by atoms with E-state index in [-0.39, 0.29) is 18.1 Å². The predicted octanol–water partition coefficient (Wildman–Crippen LogP) is 3.22. The lowest BCUT2D eigenvalue weighted by atomic mass is 10.0. The molecule has 2 aromatic rings. The van der Waals surface area contributed by atoms with Gasteiger partial charge in [-0.05, 0) is 18.2 Å². The Bertz CT molecular complexity index is 544. The summed E-state index contributed by atoms with van der Waals surface area (Å²) in [6.07, 6.45) is 0. The molecule has 0 amide bonds. The topological polar surface area (TPSA) is 52.0 Å². The quantitative estimate of drug-likeness (QED) is 0.770. The van der Waals surface area contributed by atoms with E-state index in [9.17, 15) is 8.78 Å². The molecule has 0 aliphatic carbocycles. The van der Waals surface area contributed by atoms with E-state index >= 15 is 0 Å². The molecule has 2 aromatic carbocycles. The summed E-state index contributed by atoms with van der Waals surface area (Å²) in [6.45, 7) is 0. The molecule has 0 unspecified atom stereocenters. The number of nitrogen functional groups attached to an aromatic ring is 2. The number of hydrogen-bond donors (Lipinski definition) is 2. The van der Waals surface area contributed by atoms with Gasteiger partial charge in [0.2, 0.25) is 0 Å². The van der Waals surface area contributed by atoms with Gasteiger partial charge in [0, 0.05) is 16.8 Å². The normalized spacial score (nSPS) is 9.76. The lowest BCUT2D eigenvalue weighted by molar-refractivity contribution is 0.512. The van der Waals surface area contributed by atoms with Crippen LogP contribution < -0.4 is 11.5 Å². The van der Waals surface area contributed by atoms with Crippen LogP contribution in [0.3, 0.4) is 0 Å². The highest BCUT2D eigenvalue weighted by atomic mass is 35.5. The molecule has 4 N–H and O–H groups in total. The van der Waals surface area contributed by atoms with E-state index in [0.29, 0.717) is 16.8 Å². The molecule has 0 saturated carbocycles. The molecule has 0 atom stereocenters. The van der Waals surface area contributed by atoms with E-state index in [1.807, 2.05) is 0 Å². The predicted molar refractivity (Wildman–Crippen MR) is 67.9 cm³/mol. The van der Waals surface area contributed by atoms with Gasteiger partial charge in [0.25, 0.3) is 0 Å². The van der Waals surface area contributed by atoms with Crippen molar-refractivity contribution in [2.45, 2.75) is 0 Å². The molecule has 5 heteroatoms. The first kappa shape index (κ1) is 13.3. The maximum Gasteiger partial charge on any atom is 0.182 e. The average Bonchev–Trinajstić information content (AvgIpc) is 2.28. The van der Waals surface area contributed by atoms with E-state index in [1.165, 1.54) is 6.07 Å². The van der Waals surface area contributed by atoms with Crippen LogP contribution in [-0.2, 0) is 0 Å². The van der Waals surface area contributed by atoms with E-state index in [0.717, 1.165) is 6.07 Å². The molecule has 90 valence electrons. The summed E-state index contributed by atoms with van der Waals surface area (Å²) < 4.78 is 26.2. The monoisotopic (exact) mass is 256 g/mol. The minimum absolute atomic E-state index is 0. The molecule has 0 aromatic heterocycles. The Labute approximate surface area is 104 Å². The standard InChI is InChI=1S/C12H10F2N2.ClH/c13-9-6-5-8(12(16)11(9)14)7-3-1-2-4-10(7)15;/h1-6H,15-16H2;1H. The van der Waals surface area contributed by atoms with Crippen molar-refractivity contribution in [3.05, 3.63) is 48.0 Å². The number of para-hydroxylation sites is 1. The molecule has 0 spiro atoms. The van der Waals surface area contributed by atoms with Crippen LogP contribution in [0.1, 0.15) is 0 Å². The Kier molecular flexibility index (Phi) is 3.91. The van der Waals surface area contributed by atoms with Crippen molar-refractivity contribution < 1.29 is 8.78 Å². The number of rotatable bonds is 1. The maximum absolute atomic E-state index is 13.3. The first-order valence-corrected chi connectivity index (χ1v) is 4.69. The first-order valence-electron chi connectivity index (χ1n) is 4.69. The van der Waals surface area contributed by atoms with Gasteiger partial charge in [-0.2, -0.15) is 0 Å². The van der Waals surface area contributed by atoms with Crippen LogP contribution in [-0.4, -0.2) is 0 Å². The molecule has 0 aliphatic rings. The third-order valence-electron chi connectivity index (χ3n) is 2.38.